The van der Waals surface area contributed by atoms with Crippen LogP contribution in [0.15, 0.2) is 66.7 Å². The Hall–Kier alpha value is -3.05. The van der Waals surface area contributed by atoms with E-state index in [-0.39, 0.29) is 5.82 Å². The van der Waals surface area contributed by atoms with Crippen LogP contribution in [0.5, 0.6) is 5.75 Å². The van der Waals surface area contributed by atoms with Crippen molar-refractivity contribution in [2.45, 2.75) is 13.5 Å². The van der Waals surface area contributed by atoms with Crippen molar-refractivity contribution in [2.75, 3.05) is 0 Å². The molecular weight excluding hydrogens is 299 g/mol. The molecule has 0 radical (unpaired) electrons. The maximum Gasteiger partial charge on any atom is 0.131 e. The zero-order chi connectivity index (χ0) is 16.9. The van der Waals surface area contributed by atoms with Crippen LogP contribution in [0, 0.1) is 25.1 Å². The Morgan fingerprint density at radius 2 is 1.71 bits per heavy atom. The third-order valence-corrected chi connectivity index (χ3v) is 3.80. The van der Waals surface area contributed by atoms with Gasteiger partial charge in [0.2, 0.25) is 0 Å². The van der Waals surface area contributed by atoms with Crippen molar-refractivity contribution >= 4 is 0 Å². The predicted octanol–water partition coefficient (Wildman–Crippen LogP) is 5.36. The minimum absolute atomic E-state index is 0.270. The standard InChI is InChI=1S/C22H17FO/c1-3-17-10-12-20(19-11-9-16(2)13-21(19)23)22(14-17)24-15-18-7-5-4-6-8-18/h1,4-14H,15H2,2H3. The SMILES string of the molecule is C#Cc1ccc(-c2ccc(C)cc2F)c(OCc2ccccc2)c1. The molecule has 0 unspecified atom stereocenters. The van der Waals surface area contributed by atoms with Crippen molar-refractivity contribution in [3.63, 3.8) is 0 Å². The van der Waals surface area contributed by atoms with Gasteiger partial charge in [-0.3, -0.25) is 0 Å². The third-order valence-electron chi connectivity index (χ3n) is 3.80. The van der Waals surface area contributed by atoms with Gasteiger partial charge < -0.3 is 4.74 Å². The van der Waals surface area contributed by atoms with Gasteiger partial charge in [0.15, 0.2) is 0 Å². The van der Waals surface area contributed by atoms with Gasteiger partial charge in [-0.1, -0.05) is 48.4 Å². The van der Waals surface area contributed by atoms with E-state index in [2.05, 4.69) is 5.92 Å². The molecule has 0 fully saturated rings. The fourth-order valence-electron chi connectivity index (χ4n) is 2.53. The lowest BCUT2D eigenvalue weighted by atomic mass is 10.0. The fraction of sp³-hybridized carbons (Fsp3) is 0.0909. The molecule has 3 aromatic carbocycles. The summed E-state index contributed by atoms with van der Waals surface area (Å²) in [6.07, 6.45) is 5.48. The van der Waals surface area contributed by atoms with Crippen molar-refractivity contribution in [1.82, 2.24) is 0 Å². The molecule has 3 rings (SSSR count). The topological polar surface area (TPSA) is 9.23 Å². The molecule has 0 bridgehead atoms. The number of ether oxygens (including phenoxy) is 1. The Kier molecular flexibility index (Phi) is 4.63. The molecule has 3 aromatic rings. The van der Waals surface area contributed by atoms with Crippen LogP contribution in [0.25, 0.3) is 11.1 Å². The quantitative estimate of drug-likeness (QED) is 0.589. The predicted molar refractivity (Wildman–Crippen MR) is 95.3 cm³/mol. The number of hydrogen-bond donors (Lipinski definition) is 0. The van der Waals surface area contributed by atoms with Crippen molar-refractivity contribution in [3.8, 4) is 29.2 Å². The molecule has 118 valence electrons. The first-order valence-corrected chi connectivity index (χ1v) is 7.71. The van der Waals surface area contributed by atoms with Gasteiger partial charge >= 0.3 is 0 Å². The van der Waals surface area contributed by atoms with Gasteiger partial charge in [-0.2, -0.15) is 0 Å². The number of terminal acetylenes is 1. The van der Waals surface area contributed by atoms with Gasteiger partial charge in [0.1, 0.15) is 18.2 Å². The molecule has 0 aromatic heterocycles. The number of rotatable bonds is 4. The summed E-state index contributed by atoms with van der Waals surface area (Å²) in [7, 11) is 0. The second-order valence-electron chi connectivity index (χ2n) is 5.61. The summed E-state index contributed by atoms with van der Waals surface area (Å²) in [4.78, 5) is 0. The number of halogens is 1. The normalized spacial score (nSPS) is 10.2. The average molecular weight is 316 g/mol. The van der Waals surface area contributed by atoms with Crippen LogP contribution in [0.1, 0.15) is 16.7 Å². The minimum Gasteiger partial charge on any atom is -0.488 e. The second-order valence-corrected chi connectivity index (χ2v) is 5.61. The average Bonchev–Trinajstić information content (AvgIpc) is 2.61. The summed E-state index contributed by atoms with van der Waals surface area (Å²) in [6.45, 7) is 2.26. The maximum atomic E-state index is 14.4. The van der Waals surface area contributed by atoms with E-state index < -0.39 is 0 Å². The zero-order valence-corrected chi connectivity index (χ0v) is 13.4. The Morgan fingerprint density at radius 1 is 0.958 bits per heavy atom. The van der Waals surface area contributed by atoms with Crippen molar-refractivity contribution in [3.05, 3.63) is 89.2 Å². The fourth-order valence-corrected chi connectivity index (χ4v) is 2.53. The second kappa shape index (κ2) is 7.02. The lowest BCUT2D eigenvalue weighted by Gasteiger charge is -2.13. The van der Waals surface area contributed by atoms with Crippen LogP contribution in [-0.4, -0.2) is 0 Å². The van der Waals surface area contributed by atoms with E-state index in [4.69, 9.17) is 11.2 Å². The highest BCUT2D eigenvalue weighted by Gasteiger charge is 2.12. The van der Waals surface area contributed by atoms with E-state index in [1.165, 1.54) is 6.07 Å². The van der Waals surface area contributed by atoms with Gasteiger partial charge in [-0.25, -0.2) is 4.39 Å². The van der Waals surface area contributed by atoms with Gasteiger partial charge in [-0.15, -0.1) is 6.42 Å². The molecule has 0 atom stereocenters. The molecule has 0 N–H and O–H groups in total. The molecule has 1 nitrogen and oxygen atoms in total. The third kappa shape index (κ3) is 3.47. The smallest absolute Gasteiger partial charge is 0.131 e. The lowest BCUT2D eigenvalue weighted by Crippen LogP contribution is -1.98. The number of hydrogen-bond acceptors (Lipinski definition) is 1. The van der Waals surface area contributed by atoms with Crippen molar-refractivity contribution in [2.24, 2.45) is 0 Å². The van der Waals surface area contributed by atoms with E-state index >= 15 is 0 Å². The Bertz CT molecular complexity index is 892. The molecule has 0 saturated heterocycles. The summed E-state index contributed by atoms with van der Waals surface area (Å²) >= 11 is 0. The first kappa shape index (κ1) is 15.8. The van der Waals surface area contributed by atoms with Crippen LogP contribution >= 0.6 is 0 Å². The van der Waals surface area contributed by atoms with Crippen LogP contribution in [-0.2, 0) is 6.61 Å². The molecule has 0 aliphatic heterocycles. The molecule has 0 aliphatic rings. The molecule has 0 saturated carbocycles. The molecule has 2 heteroatoms. The Labute approximate surface area is 141 Å². The zero-order valence-electron chi connectivity index (χ0n) is 13.4. The van der Waals surface area contributed by atoms with Crippen molar-refractivity contribution in [1.29, 1.82) is 0 Å². The number of aryl methyl sites for hydroxylation is 1. The molecule has 0 aliphatic carbocycles. The minimum atomic E-state index is -0.270. The molecular formula is C22H17FO. The van der Waals surface area contributed by atoms with E-state index in [1.54, 1.807) is 18.2 Å². The van der Waals surface area contributed by atoms with Crippen LogP contribution in [0.4, 0.5) is 4.39 Å². The summed E-state index contributed by atoms with van der Waals surface area (Å²) in [6, 6.07) is 20.4. The first-order chi connectivity index (χ1) is 11.7. The van der Waals surface area contributed by atoms with Gasteiger partial charge in [-0.05, 0) is 42.3 Å². The van der Waals surface area contributed by atoms with E-state index in [0.717, 1.165) is 11.1 Å². The summed E-state index contributed by atoms with van der Waals surface area (Å²) < 4.78 is 20.3. The highest BCUT2D eigenvalue weighted by atomic mass is 19.1. The summed E-state index contributed by atoms with van der Waals surface area (Å²) in [5.74, 6) is 2.90. The number of benzene rings is 3. The van der Waals surface area contributed by atoms with Crippen molar-refractivity contribution < 1.29 is 9.13 Å². The lowest BCUT2D eigenvalue weighted by molar-refractivity contribution is 0.307. The van der Waals surface area contributed by atoms with Gasteiger partial charge in [0.05, 0.1) is 0 Å². The Morgan fingerprint density at radius 3 is 2.42 bits per heavy atom. The largest absolute Gasteiger partial charge is 0.488 e. The van der Waals surface area contributed by atoms with E-state index in [0.29, 0.717) is 29.0 Å². The van der Waals surface area contributed by atoms with Gasteiger partial charge in [0, 0.05) is 16.7 Å². The monoisotopic (exact) mass is 316 g/mol. The highest BCUT2D eigenvalue weighted by molar-refractivity contribution is 5.72. The van der Waals surface area contributed by atoms with Gasteiger partial charge in [0.25, 0.3) is 0 Å². The highest BCUT2D eigenvalue weighted by Crippen LogP contribution is 2.33. The first-order valence-electron chi connectivity index (χ1n) is 7.71. The van der Waals surface area contributed by atoms with Crippen LogP contribution in [0.3, 0.4) is 0 Å². The molecule has 0 amide bonds. The molecule has 0 spiro atoms. The maximum absolute atomic E-state index is 14.4. The van der Waals surface area contributed by atoms with E-state index in [1.807, 2.05) is 49.4 Å². The van der Waals surface area contributed by atoms with Crippen LogP contribution in [0.2, 0.25) is 0 Å². The molecule has 24 heavy (non-hydrogen) atoms. The Balaban J connectivity index is 1.98. The summed E-state index contributed by atoms with van der Waals surface area (Å²) in [5, 5.41) is 0. The molecule has 0 heterocycles. The summed E-state index contributed by atoms with van der Waals surface area (Å²) in [5.41, 5.74) is 3.83. The van der Waals surface area contributed by atoms with Crippen LogP contribution < -0.4 is 4.74 Å². The van der Waals surface area contributed by atoms with E-state index in [9.17, 15) is 4.39 Å².